The van der Waals surface area contributed by atoms with Crippen molar-refractivity contribution in [3.05, 3.63) is 69.1 Å². The van der Waals surface area contributed by atoms with Crippen LogP contribution in [0.15, 0.2) is 47.4 Å². The number of likely N-dealkylation sites (tertiary alicyclic amines) is 1. The largest absolute Gasteiger partial charge is 0.487 e. The van der Waals surface area contributed by atoms with Crippen LogP contribution in [0, 0.1) is 5.41 Å². The fourth-order valence-electron chi connectivity index (χ4n) is 4.72. The van der Waals surface area contributed by atoms with Crippen LogP contribution in [0.25, 0.3) is 11.0 Å². The molecule has 10 heteroatoms. The molecule has 1 N–H and O–H groups in total. The number of halogens is 1. The number of pyridine rings is 2. The number of hydrogen-bond acceptors (Lipinski definition) is 6. The molecular formula is C27H29ClN4O5. The number of rotatable bonds is 7. The highest BCUT2D eigenvalue weighted by atomic mass is 35.5. The summed E-state index contributed by atoms with van der Waals surface area (Å²) < 4.78 is 12.9. The van der Waals surface area contributed by atoms with E-state index in [9.17, 15) is 14.4 Å². The summed E-state index contributed by atoms with van der Waals surface area (Å²) in [4.78, 5) is 45.9. The topological polar surface area (TPSA) is 103 Å². The number of nitrogens with zero attached hydrogens (tertiary/aromatic N) is 3. The van der Waals surface area contributed by atoms with Gasteiger partial charge < -0.3 is 19.7 Å². The first-order valence-electron chi connectivity index (χ1n) is 12.3. The zero-order valence-corrected chi connectivity index (χ0v) is 21.6. The molecule has 0 radical (unpaired) electrons. The van der Waals surface area contributed by atoms with Crippen molar-refractivity contribution in [2.45, 2.75) is 39.5 Å². The molecule has 0 bridgehead atoms. The van der Waals surface area contributed by atoms with Crippen LogP contribution in [0.2, 0.25) is 5.02 Å². The molecule has 2 aliphatic rings. The van der Waals surface area contributed by atoms with E-state index in [0.717, 1.165) is 12.0 Å². The van der Waals surface area contributed by atoms with Crippen molar-refractivity contribution in [1.29, 1.82) is 0 Å². The summed E-state index contributed by atoms with van der Waals surface area (Å²) >= 11 is 5.95. The van der Waals surface area contributed by atoms with Gasteiger partial charge in [-0.1, -0.05) is 37.6 Å². The normalized spacial score (nSPS) is 18.5. The summed E-state index contributed by atoms with van der Waals surface area (Å²) in [7, 11) is 0. The van der Waals surface area contributed by atoms with Crippen LogP contribution in [-0.4, -0.2) is 58.7 Å². The van der Waals surface area contributed by atoms with Gasteiger partial charge in [0.1, 0.15) is 29.6 Å². The molecule has 9 nitrogen and oxygen atoms in total. The van der Waals surface area contributed by atoms with E-state index in [1.807, 2.05) is 0 Å². The molecule has 0 aliphatic carbocycles. The van der Waals surface area contributed by atoms with Crippen molar-refractivity contribution in [1.82, 2.24) is 19.8 Å². The summed E-state index contributed by atoms with van der Waals surface area (Å²) in [5, 5.41) is 3.88. The Morgan fingerprint density at radius 1 is 1.22 bits per heavy atom. The Morgan fingerprint density at radius 3 is 2.65 bits per heavy atom. The summed E-state index contributed by atoms with van der Waals surface area (Å²) in [5.41, 5.74) is 0.515. The maximum atomic E-state index is 13.5. The first-order chi connectivity index (χ1) is 17.7. The average Bonchev–Trinajstić information content (AvgIpc) is 3.37. The summed E-state index contributed by atoms with van der Waals surface area (Å²) in [6, 6.07) is 10.3. The van der Waals surface area contributed by atoms with Crippen molar-refractivity contribution in [3.8, 4) is 5.75 Å². The molecule has 0 spiro atoms. The van der Waals surface area contributed by atoms with E-state index in [0.29, 0.717) is 48.1 Å². The highest BCUT2D eigenvalue weighted by molar-refractivity contribution is 6.30. The molecule has 4 heterocycles. The fraction of sp³-hybridized carbons (Fsp3) is 0.407. The molecule has 2 amide bonds. The van der Waals surface area contributed by atoms with E-state index in [-0.39, 0.29) is 36.1 Å². The Hall–Kier alpha value is -3.43. The number of fused-ring (bicyclic) bond motifs is 1. The Kier molecular flexibility index (Phi) is 6.92. The number of aromatic nitrogens is 2. The predicted molar refractivity (Wildman–Crippen MR) is 139 cm³/mol. The van der Waals surface area contributed by atoms with E-state index in [1.54, 1.807) is 41.4 Å². The van der Waals surface area contributed by atoms with Crippen molar-refractivity contribution in [2.75, 3.05) is 26.3 Å². The van der Waals surface area contributed by atoms with Crippen molar-refractivity contribution in [3.63, 3.8) is 0 Å². The quantitative estimate of drug-likeness (QED) is 0.509. The lowest BCUT2D eigenvalue weighted by molar-refractivity contribution is -0.142. The number of amides is 2. The number of carbonyl (C=O) groups is 2. The Morgan fingerprint density at radius 2 is 1.97 bits per heavy atom. The maximum Gasteiger partial charge on any atom is 0.265 e. The lowest BCUT2D eigenvalue weighted by Crippen LogP contribution is -2.56. The fourth-order valence-corrected chi connectivity index (χ4v) is 4.85. The van der Waals surface area contributed by atoms with Crippen molar-refractivity contribution in [2.24, 2.45) is 5.41 Å². The third-order valence-electron chi connectivity index (χ3n) is 6.63. The minimum atomic E-state index is -0.580. The highest BCUT2D eigenvalue weighted by Crippen LogP contribution is 2.30. The molecule has 0 saturated carbocycles. The summed E-state index contributed by atoms with van der Waals surface area (Å²) in [6.07, 6.45) is 2.14. The lowest BCUT2D eigenvalue weighted by Gasteiger charge is -2.45. The van der Waals surface area contributed by atoms with Crippen LogP contribution < -0.4 is 15.6 Å². The van der Waals surface area contributed by atoms with Crippen LogP contribution in [0.1, 0.15) is 36.2 Å². The third kappa shape index (κ3) is 5.47. The molecule has 1 atom stereocenters. The molecule has 2 aromatic heterocycles. The number of benzene rings is 1. The van der Waals surface area contributed by atoms with Crippen LogP contribution in [-0.2, 0) is 22.6 Å². The van der Waals surface area contributed by atoms with Gasteiger partial charge in [0.2, 0.25) is 5.91 Å². The number of nitrogens with one attached hydrogen (secondary N) is 1. The SMILES string of the molecule is CC1(C)CN(C(=O)Cn2c(=O)c(C(=O)NCc3ccc(Cl)cc3)cc3c(OC4CCOC4)ccnc32)C1. The van der Waals surface area contributed by atoms with Crippen LogP contribution in [0.5, 0.6) is 5.75 Å². The number of carbonyl (C=O) groups excluding carboxylic acids is 2. The molecule has 5 rings (SSSR count). The Labute approximate surface area is 219 Å². The molecule has 194 valence electrons. The first kappa shape index (κ1) is 25.2. The van der Waals surface area contributed by atoms with Gasteiger partial charge in [0.25, 0.3) is 11.5 Å². The Bertz CT molecular complexity index is 1390. The number of hydrogen-bond donors (Lipinski definition) is 1. The average molecular weight is 525 g/mol. The van der Waals surface area contributed by atoms with E-state index < -0.39 is 11.5 Å². The van der Waals surface area contributed by atoms with Crippen molar-refractivity contribution >= 4 is 34.4 Å². The molecule has 2 saturated heterocycles. The second-order valence-corrected chi connectivity index (χ2v) is 10.8. The zero-order valence-electron chi connectivity index (χ0n) is 20.8. The smallest absolute Gasteiger partial charge is 0.265 e. The third-order valence-corrected chi connectivity index (χ3v) is 6.88. The van der Waals surface area contributed by atoms with Gasteiger partial charge in [-0.3, -0.25) is 19.0 Å². The van der Waals surface area contributed by atoms with Gasteiger partial charge in [-0.15, -0.1) is 0 Å². The monoisotopic (exact) mass is 524 g/mol. The lowest BCUT2D eigenvalue weighted by atomic mass is 9.84. The number of ether oxygens (including phenoxy) is 2. The van der Waals surface area contributed by atoms with Crippen LogP contribution in [0.3, 0.4) is 0 Å². The minimum absolute atomic E-state index is 0.0503. The minimum Gasteiger partial charge on any atom is -0.487 e. The van der Waals surface area contributed by atoms with E-state index >= 15 is 0 Å². The molecular weight excluding hydrogens is 496 g/mol. The van der Waals surface area contributed by atoms with E-state index in [1.165, 1.54) is 10.6 Å². The van der Waals surface area contributed by atoms with Gasteiger partial charge in [0.05, 0.1) is 18.6 Å². The van der Waals surface area contributed by atoms with Gasteiger partial charge in [0, 0.05) is 37.3 Å². The van der Waals surface area contributed by atoms with E-state index in [2.05, 4.69) is 24.1 Å². The van der Waals surface area contributed by atoms with Gasteiger partial charge in [-0.2, -0.15) is 0 Å². The summed E-state index contributed by atoms with van der Waals surface area (Å²) in [6.45, 7) is 6.46. The van der Waals surface area contributed by atoms with Gasteiger partial charge >= 0.3 is 0 Å². The van der Waals surface area contributed by atoms with Gasteiger partial charge in [-0.05, 0) is 35.2 Å². The Balaban J connectivity index is 1.50. The maximum absolute atomic E-state index is 13.5. The molecule has 3 aromatic rings. The summed E-state index contributed by atoms with van der Waals surface area (Å²) in [5.74, 6) is -0.260. The van der Waals surface area contributed by atoms with E-state index in [4.69, 9.17) is 21.1 Å². The molecule has 1 unspecified atom stereocenters. The van der Waals surface area contributed by atoms with Gasteiger partial charge in [0.15, 0.2) is 0 Å². The predicted octanol–water partition coefficient (Wildman–Crippen LogP) is 3.02. The van der Waals surface area contributed by atoms with Crippen LogP contribution in [0.4, 0.5) is 0 Å². The zero-order chi connectivity index (χ0) is 26.2. The van der Waals surface area contributed by atoms with Crippen molar-refractivity contribution < 1.29 is 19.1 Å². The van der Waals surface area contributed by atoms with Crippen LogP contribution >= 0.6 is 11.6 Å². The molecule has 37 heavy (non-hydrogen) atoms. The first-order valence-corrected chi connectivity index (χ1v) is 12.7. The molecule has 1 aromatic carbocycles. The molecule has 2 fully saturated rings. The molecule has 2 aliphatic heterocycles. The second kappa shape index (κ2) is 10.1. The highest BCUT2D eigenvalue weighted by Gasteiger charge is 2.37. The second-order valence-electron chi connectivity index (χ2n) is 10.3. The standard InChI is InChI=1S/C27H29ClN4O5/c1-27(2)15-31(16-27)23(33)13-32-24-20(22(7-9-29-24)37-19-8-10-36-14-19)11-21(26(32)35)25(34)30-12-17-3-5-18(28)6-4-17/h3-7,9,11,19H,8,10,12-16H2,1-2H3,(H,30,34). The van der Waals surface area contributed by atoms with Gasteiger partial charge in [-0.25, -0.2) is 4.98 Å².